The first-order valence-corrected chi connectivity index (χ1v) is 16.1. The molecule has 3 amide bonds. The molecular formula is C31H32ClF4N6O2S+. The molecule has 2 fully saturated rings. The Bertz CT molecular complexity index is 1630. The number of rotatable bonds is 6. The highest BCUT2D eigenvalue weighted by Crippen LogP contribution is 2.49. The molecule has 2 saturated heterocycles. The molecular weight excluding hydrogens is 632 g/mol. The van der Waals surface area contributed by atoms with Crippen LogP contribution in [-0.4, -0.2) is 125 Å². The number of piperazine rings is 2. The smallest absolute Gasteiger partial charge is 0.335 e. The molecule has 0 radical (unpaired) electrons. The fraction of sp³-hybridized carbons (Fsp3) is 0.419. The molecule has 0 saturated carbocycles. The number of hydrogen-bond acceptors (Lipinski definition) is 6. The number of benzene rings is 2. The second kappa shape index (κ2) is 12.9. The highest BCUT2D eigenvalue weighted by atomic mass is 35.5. The summed E-state index contributed by atoms with van der Waals surface area (Å²) in [5, 5.41) is 0.232. The first kappa shape index (κ1) is 31.7. The van der Waals surface area contributed by atoms with Crippen molar-refractivity contribution in [2.45, 2.75) is 24.3 Å². The molecule has 0 aliphatic carbocycles. The minimum Gasteiger partial charge on any atom is -0.335 e. The van der Waals surface area contributed by atoms with E-state index in [1.165, 1.54) is 30.0 Å². The Morgan fingerprint density at radius 2 is 1.87 bits per heavy atom. The number of carbonyl (C=O) groups is 2. The molecule has 0 unspecified atom stereocenters. The van der Waals surface area contributed by atoms with E-state index in [0.717, 1.165) is 11.8 Å². The number of hydrogen-bond donors (Lipinski definition) is 0. The van der Waals surface area contributed by atoms with Crippen molar-refractivity contribution in [3.05, 3.63) is 59.1 Å². The summed E-state index contributed by atoms with van der Waals surface area (Å²) < 4.78 is 56.4. The Kier molecular flexibility index (Phi) is 9.06. The van der Waals surface area contributed by atoms with Crippen LogP contribution in [0.5, 0.6) is 0 Å². The van der Waals surface area contributed by atoms with Crippen molar-refractivity contribution in [1.82, 2.24) is 19.6 Å². The highest BCUT2D eigenvalue weighted by molar-refractivity contribution is 8.00. The third-order valence-electron chi connectivity index (χ3n) is 8.62. The molecule has 1 atom stereocenters. The number of carbonyl (C=O) groups excluding carboxylic acids is 2. The fourth-order valence-corrected chi connectivity index (χ4v) is 8.02. The topological polar surface area (TPSA) is 62.5 Å². The Morgan fingerprint density at radius 3 is 2.53 bits per heavy atom. The molecule has 238 valence electrons. The van der Waals surface area contributed by atoms with Crippen LogP contribution in [0.25, 0.3) is 11.1 Å². The number of aliphatic imine (C=N–C) groups is 1. The second-order valence-electron chi connectivity index (χ2n) is 11.5. The summed E-state index contributed by atoms with van der Waals surface area (Å²) in [4.78, 5) is 38.9. The monoisotopic (exact) mass is 663 g/mol. The van der Waals surface area contributed by atoms with Crippen LogP contribution in [0.1, 0.15) is 12.5 Å². The molecule has 2 aromatic rings. The lowest BCUT2D eigenvalue weighted by Crippen LogP contribution is -2.56. The van der Waals surface area contributed by atoms with Gasteiger partial charge >= 0.3 is 6.03 Å². The number of halogens is 5. The summed E-state index contributed by atoms with van der Waals surface area (Å²) in [6, 6.07) is 4.30. The molecule has 0 spiro atoms. The van der Waals surface area contributed by atoms with Crippen molar-refractivity contribution in [2.24, 2.45) is 4.99 Å². The third kappa shape index (κ3) is 6.15. The summed E-state index contributed by atoms with van der Waals surface area (Å²) in [6.45, 7) is 9.02. The Labute approximate surface area is 267 Å². The van der Waals surface area contributed by atoms with Gasteiger partial charge in [0.1, 0.15) is 17.3 Å². The SMILES string of the molecule is C=CC(=O)N1CCN(C2=NC(=O)[N+]3=C(CN4CCN(CC(F)F)CC4)CSc4c(-c5ccc(F)cc5F)c(Cl)cc2c43)[C@@H](C)C1. The van der Waals surface area contributed by atoms with Gasteiger partial charge in [-0.2, -0.15) is 9.37 Å². The molecule has 45 heavy (non-hydrogen) atoms. The predicted molar refractivity (Wildman–Crippen MR) is 166 cm³/mol. The lowest BCUT2D eigenvalue weighted by molar-refractivity contribution is -0.337. The normalized spacial score (nSPS) is 20.9. The molecule has 0 N–H and O–H groups in total. The van der Waals surface area contributed by atoms with Gasteiger partial charge in [0, 0.05) is 74.0 Å². The van der Waals surface area contributed by atoms with E-state index in [9.17, 15) is 22.8 Å². The van der Waals surface area contributed by atoms with Crippen molar-refractivity contribution >= 4 is 52.5 Å². The average molecular weight is 664 g/mol. The van der Waals surface area contributed by atoms with Gasteiger partial charge in [-0.3, -0.25) is 14.6 Å². The van der Waals surface area contributed by atoms with E-state index >= 15 is 4.39 Å². The van der Waals surface area contributed by atoms with E-state index in [1.54, 1.807) is 20.4 Å². The molecule has 0 aromatic heterocycles. The van der Waals surface area contributed by atoms with Crippen LogP contribution in [0.15, 0.2) is 46.8 Å². The molecule has 8 nitrogen and oxygen atoms in total. The Morgan fingerprint density at radius 1 is 1.13 bits per heavy atom. The lowest BCUT2D eigenvalue weighted by atomic mass is 9.98. The van der Waals surface area contributed by atoms with Crippen molar-refractivity contribution in [1.29, 1.82) is 0 Å². The van der Waals surface area contributed by atoms with E-state index in [1.807, 2.05) is 11.8 Å². The maximum Gasteiger partial charge on any atom is 0.546 e. The molecule has 14 heteroatoms. The minimum atomic E-state index is -2.39. The number of thioether (sulfide) groups is 1. The van der Waals surface area contributed by atoms with Gasteiger partial charge in [0.2, 0.25) is 5.91 Å². The van der Waals surface area contributed by atoms with E-state index < -0.39 is 24.1 Å². The molecule has 4 aliphatic rings. The van der Waals surface area contributed by atoms with Crippen LogP contribution in [0, 0.1) is 11.6 Å². The van der Waals surface area contributed by atoms with Gasteiger partial charge < -0.3 is 9.80 Å². The van der Waals surface area contributed by atoms with Gasteiger partial charge in [-0.05, 0) is 31.2 Å². The van der Waals surface area contributed by atoms with Gasteiger partial charge in [-0.1, -0.05) is 18.2 Å². The number of alkyl halides is 2. The first-order chi connectivity index (χ1) is 21.5. The third-order valence-corrected chi connectivity index (χ3v) is 10.1. The van der Waals surface area contributed by atoms with Crippen LogP contribution in [0.4, 0.5) is 28.0 Å². The zero-order valence-electron chi connectivity index (χ0n) is 24.6. The number of amides is 3. The summed E-state index contributed by atoms with van der Waals surface area (Å²) >= 11 is 8.30. The summed E-state index contributed by atoms with van der Waals surface area (Å²) in [6.07, 6.45) is -1.12. The molecule has 4 aliphatic heterocycles. The van der Waals surface area contributed by atoms with Crippen molar-refractivity contribution in [2.75, 3.05) is 64.7 Å². The summed E-state index contributed by atoms with van der Waals surface area (Å²) in [5.41, 5.74) is 2.39. The molecule has 2 aromatic carbocycles. The van der Waals surface area contributed by atoms with Crippen LogP contribution >= 0.6 is 23.4 Å². The van der Waals surface area contributed by atoms with Gasteiger partial charge in [-0.15, -0.1) is 11.8 Å². The number of nitrogens with zero attached hydrogens (tertiary/aromatic N) is 6. The average Bonchev–Trinajstić information content (AvgIpc) is 3.00. The van der Waals surface area contributed by atoms with Gasteiger partial charge in [-0.25, -0.2) is 17.6 Å². The Hall–Kier alpha value is -3.26. The summed E-state index contributed by atoms with van der Waals surface area (Å²) in [5.74, 6) is -0.864. The maximum atomic E-state index is 15.2. The van der Waals surface area contributed by atoms with Crippen LogP contribution < -0.4 is 0 Å². The summed E-state index contributed by atoms with van der Waals surface area (Å²) in [7, 11) is 0. The quantitative estimate of drug-likeness (QED) is 0.248. The standard InChI is InChI=1S/C31H32ClF4N6O2S/c1-3-26(43)40-10-11-41(18(2)14-40)30-22-13-23(32)27(21-5-4-19(33)12-24(21)34)29-28(22)42(31(44)37-30)20(17-45-29)15-38-6-8-39(9-7-38)16-25(35)36/h3-5,12-13,18,25H,1,6-11,14-17H2,2H3/q+1/t18-/m0/s1. The Balaban J connectivity index is 1.42. The first-order valence-electron chi connectivity index (χ1n) is 14.7. The van der Waals surface area contributed by atoms with Crippen molar-refractivity contribution in [3.63, 3.8) is 0 Å². The van der Waals surface area contributed by atoms with Crippen LogP contribution in [0.2, 0.25) is 5.02 Å². The molecule has 4 heterocycles. The number of urea groups is 1. The van der Waals surface area contributed by atoms with Gasteiger partial charge in [0.05, 0.1) is 34.3 Å². The van der Waals surface area contributed by atoms with Crippen molar-refractivity contribution in [3.8, 4) is 11.1 Å². The van der Waals surface area contributed by atoms with E-state index in [0.29, 0.717) is 85.7 Å². The van der Waals surface area contributed by atoms with Gasteiger partial charge in [0.15, 0.2) is 5.69 Å². The predicted octanol–water partition coefficient (Wildman–Crippen LogP) is 4.96. The van der Waals surface area contributed by atoms with E-state index in [4.69, 9.17) is 11.6 Å². The zero-order valence-corrected chi connectivity index (χ0v) is 26.2. The minimum absolute atomic E-state index is 0.117. The largest absolute Gasteiger partial charge is 0.546 e. The van der Waals surface area contributed by atoms with E-state index in [2.05, 4.69) is 16.5 Å². The van der Waals surface area contributed by atoms with Gasteiger partial charge in [0.25, 0.3) is 12.3 Å². The second-order valence-corrected chi connectivity index (χ2v) is 12.9. The zero-order chi connectivity index (χ0) is 32.0. The highest BCUT2D eigenvalue weighted by Gasteiger charge is 2.45. The van der Waals surface area contributed by atoms with Crippen LogP contribution in [-0.2, 0) is 4.79 Å². The van der Waals surface area contributed by atoms with Crippen LogP contribution in [0.3, 0.4) is 0 Å². The molecule has 6 rings (SSSR count). The fourth-order valence-electron chi connectivity index (χ4n) is 6.42. The lowest BCUT2D eigenvalue weighted by Gasteiger charge is -2.40. The maximum absolute atomic E-state index is 15.2. The number of amidine groups is 1. The van der Waals surface area contributed by atoms with E-state index in [-0.39, 0.29) is 29.1 Å². The molecule has 0 bridgehead atoms. The van der Waals surface area contributed by atoms with Crippen molar-refractivity contribution < 1.29 is 31.7 Å².